The lowest BCUT2D eigenvalue weighted by Crippen LogP contribution is -2.33. The van der Waals surface area contributed by atoms with E-state index in [0.717, 1.165) is 0 Å². The molecule has 1 aromatic carbocycles. The van der Waals surface area contributed by atoms with Gasteiger partial charge in [-0.2, -0.15) is 0 Å². The minimum Gasteiger partial charge on any atom is -0.490 e. The number of nitrogens with one attached hydrogen (secondary N) is 1. The molecule has 0 aliphatic rings. The van der Waals surface area contributed by atoms with Crippen LogP contribution in [-0.4, -0.2) is 44.6 Å². The molecule has 0 unspecified atom stereocenters. The molecule has 0 aliphatic heterocycles. The second-order valence-corrected chi connectivity index (χ2v) is 3.88. The number of carbonyl (C=O) groups is 1. The summed E-state index contributed by atoms with van der Waals surface area (Å²) < 4.78 is 18.8. The number of likely N-dealkylation sites (N-methyl/N-ethyl adjacent to an activating group) is 2. The first-order valence-electron chi connectivity index (χ1n) is 5.93. The third-order valence-corrected chi connectivity index (χ3v) is 2.53. The molecule has 0 fully saturated rings. The minimum absolute atomic E-state index is 0.0290. The molecule has 0 spiro atoms. The van der Waals surface area contributed by atoms with Gasteiger partial charge in [-0.15, -0.1) is 0 Å². The number of benzene rings is 1. The van der Waals surface area contributed by atoms with Crippen LogP contribution in [0.2, 0.25) is 0 Å². The first-order chi connectivity index (χ1) is 8.61. The van der Waals surface area contributed by atoms with Gasteiger partial charge in [-0.3, -0.25) is 4.79 Å². The van der Waals surface area contributed by atoms with Gasteiger partial charge in [-0.05, 0) is 26.1 Å². The molecule has 1 rings (SSSR count). The molecule has 5 heteroatoms. The average Bonchev–Trinajstić information content (AvgIpc) is 2.37. The zero-order valence-electron chi connectivity index (χ0n) is 11.0. The molecule has 18 heavy (non-hydrogen) atoms. The van der Waals surface area contributed by atoms with Crippen molar-refractivity contribution >= 4 is 5.91 Å². The Morgan fingerprint density at radius 3 is 2.83 bits per heavy atom. The zero-order chi connectivity index (χ0) is 13.5. The van der Waals surface area contributed by atoms with E-state index in [1.807, 2.05) is 7.05 Å². The van der Waals surface area contributed by atoms with Crippen LogP contribution >= 0.6 is 0 Å². The lowest BCUT2D eigenvalue weighted by molar-refractivity contribution is 0.0791. The largest absolute Gasteiger partial charge is 0.490 e. The number of amides is 1. The molecule has 0 aromatic heterocycles. The molecule has 0 saturated heterocycles. The van der Waals surface area contributed by atoms with Crippen LogP contribution in [0.15, 0.2) is 18.2 Å². The number of ether oxygens (including phenoxy) is 1. The third-order valence-electron chi connectivity index (χ3n) is 2.53. The molecule has 1 N–H and O–H groups in total. The SMILES string of the molecule is CCOc1c(F)cccc1C(=O)N(C)CCNC. The van der Waals surface area contributed by atoms with Crippen molar-refractivity contribution in [3.05, 3.63) is 29.6 Å². The number of carbonyl (C=O) groups excluding carboxylic acids is 1. The molecule has 0 heterocycles. The summed E-state index contributed by atoms with van der Waals surface area (Å²) in [6.45, 7) is 3.31. The second-order valence-electron chi connectivity index (χ2n) is 3.88. The van der Waals surface area contributed by atoms with Gasteiger partial charge < -0.3 is 15.0 Å². The van der Waals surface area contributed by atoms with E-state index in [0.29, 0.717) is 19.7 Å². The van der Waals surface area contributed by atoms with Crippen molar-refractivity contribution in [2.75, 3.05) is 33.8 Å². The summed E-state index contributed by atoms with van der Waals surface area (Å²) in [7, 11) is 3.49. The molecule has 0 saturated carbocycles. The number of para-hydroxylation sites is 1. The van der Waals surface area contributed by atoms with Crippen LogP contribution < -0.4 is 10.1 Å². The molecule has 1 amide bonds. The van der Waals surface area contributed by atoms with Crippen molar-refractivity contribution in [1.82, 2.24) is 10.2 Å². The Balaban J connectivity index is 2.94. The first kappa shape index (κ1) is 14.4. The van der Waals surface area contributed by atoms with Crippen molar-refractivity contribution < 1.29 is 13.9 Å². The summed E-state index contributed by atoms with van der Waals surface area (Å²) in [6, 6.07) is 4.37. The van der Waals surface area contributed by atoms with E-state index in [1.54, 1.807) is 20.0 Å². The van der Waals surface area contributed by atoms with Crippen LogP contribution in [0.3, 0.4) is 0 Å². The van der Waals surface area contributed by atoms with E-state index < -0.39 is 5.82 Å². The highest BCUT2D eigenvalue weighted by Gasteiger charge is 2.19. The second kappa shape index (κ2) is 6.96. The number of halogens is 1. The molecule has 1 aromatic rings. The Hall–Kier alpha value is -1.62. The van der Waals surface area contributed by atoms with Crippen molar-refractivity contribution in [1.29, 1.82) is 0 Å². The summed E-state index contributed by atoms with van der Waals surface area (Å²) in [5.41, 5.74) is 0.260. The quantitative estimate of drug-likeness (QED) is 0.836. The average molecular weight is 254 g/mol. The highest BCUT2D eigenvalue weighted by molar-refractivity contribution is 5.96. The standard InChI is InChI=1S/C13H19FN2O2/c1-4-18-12-10(6-5-7-11(12)14)13(17)16(3)9-8-15-2/h5-7,15H,4,8-9H2,1-3H3. The van der Waals surface area contributed by atoms with E-state index in [-0.39, 0.29) is 17.2 Å². The highest BCUT2D eigenvalue weighted by atomic mass is 19.1. The Bertz CT molecular complexity index is 410. The van der Waals surface area contributed by atoms with E-state index in [9.17, 15) is 9.18 Å². The number of rotatable bonds is 6. The normalized spacial score (nSPS) is 10.2. The Morgan fingerprint density at radius 2 is 2.22 bits per heavy atom. The van der Waals surface area contributed by atoms with Crippen molar-refractivity contribution in [3.63, 3.8) is 0 Å². The topological polar surface area (TPSA) is 41.6 Å². The fourth-order valence-electron chi connectivity index (χ4n) is 1.55. The molecular weight excluding hydrogens is 235 g/mol. The fourth-order valence-corrected chi connectivity index (χ4v) is 1.55. The summed E-state index contributed by atoms with van der Waals surface area (Å²) in [5.74, 6) is -0.723. The predicted octanol–water partition coefficient (Wildman–Crippen LogP) is 1.52. The van der Waals surface area contributed by atoms with Gasteiger partial charge in [0.15, 0.2) is 11.6 Å². The Labute approximate surface area is 107 Å². The van der Waals surface area contributed by atoms with Crippen LogP contribution in [0.5, 0.6) is 5.75 Å². The van der Waals surface area contributed by atoms with Gasteiger partial charge in [0.2, 0.25) is 0 Å². The molecule has 0 bridgehead atoms. The lowest BCUT2D eigenvalue weighted by atomic mass is 10.1. The summed E-state index contributed by atoms with van der Waals surface area (Å²) >= 11 is 0. The smallest absolute Gasteiger partial charge is 0.257 e. The molecule has 0 radical (unpaired) electrons. The lowest BCUT2D eigenvalue weighted by Gasteiger charge is -2.19. The van der Waals surface area contributed by atoms with Crippen LogP contribution in [0.4, 0.5) is 4.39 Å². The van der Waals surface area contributed by atoms with Gasteiger partial charge >= 0.3 is 0 Å². The molecule has 100 valence electrons. The summed E-state index contributed by atoms with van der Waals surface area (Å²) in [4.78, 5) is 13.7. The predicted molar refractivity (Wildman–Crippen MR) is 68.5 cm³/mol. The van der Waals surface area contributed by atoms with Crippen LogP contribution in [0.25, 0.3) is 0 Å². The van der Waals surface area contributed by atoms with E-state index >= 15 is 0 Å². The van der Waals surface area contributed by atoms with Gasteiger partial charge in [-0.25, -0.2) is 4.39 Å². The Morgan fingerprint density at radius 1 is 1.50 bits per heavy atom. The number of nitrogens with zero attached hydrogens (tertiary/aromatic N) is 1. The highest BCUT2D eigenvalue weighted by Crippen LogP contribution is 2.23. The Kier molecular flexibility index (Phi) is 5.58. The maximum Gasteiger partial charge on any atom is 0.257 e. The van der Waals surface area contributed by atoms with E-state index in [4.69, 9.17) is 4.74 Å². The first-order valence-corrected chi connectivity index (χ1v) is 5.93. The van der Waals surface area contributed by atoms with Crippen LogP contribution in [0, 0.1) is 5.82 Å². The molecule has 0 aliphatic carbocycles. The van der Waals surface area contributed by atoms with Gasteiger partial charge in [-0.1, -0.05) is 6.07 Å². The summed E-state index contributed by atoms with van der Waals surface area (Å²) in [5, 5.41) is 2.96. The molecule has 0 atom stereocenters. The van der Waals surface area contributed by atoms with Gasteiger partial charge in [0, 0.05) is 20.1 Å². The van der Waals surface area contributed by atoms with Crippen LogP contribution in [-0.2, 0) is 0 Å². The molecule has 4 nitrogen and oxygen atoms in total. The molecular formula is C13H19FN2O2. The number of hydrogen-bond acceptors (Lipinski definition) is 3. The van der Waals surface area contributed by atoms with E-state index in [1.165, 1.54) is 17.0 Å². The van der Waals surface area contributed by atoms with Crippen molar-refractivity contribution in [3.8, 4) is 5.75 Å². The summed E-state index contributed by atoms with van der Waals surface area (Å²) in [6.07, 6.45) is 0. The monoisotopic (exact) mass is 254 g/mol. The third kappa shape index (κ3) is 3.43. The maximum atomic E-state index is 13.6. The van der Waals surface area contributed by atoms with Gasteiger partial charge in [0.1, 0.15) is 0 Å². The van der Waals surface area contributed by atoms with Crippen LogP contribution in [0.1, 0.15) is 17.3 Å². The maximum absolute atomic E-state index is 13.6. The number of hydrogen-bond donors (Lipinski definition) is 1. The zero-order valence-corrected chi connectivity index (χ0v) is 11.0. The van der Waals surface area contributed by atoms with Crippen molar-refractivity contribution in [2.45, 2.75) is 6.92 Å². The van der Waals surface area contributed by atoms with Gasteiger partial charge in [0.05, 0.1) is 12.2 Å². The minimum atomic E-state index is -0.510. The van der Waals surface area contributed by atoms with Gasteiger partial charge in [0.25, 0.3) is 5.91 Å². The van der Waals surface area contributed by atoms with E-state index in [2.05, 4.69) is 5.32 Å². The van der Waals surface area contributed by atoms with Crippen molar-refractivity contribution in [2.24, 2.45) is 0 Å². The fraction of sp³-hybridized carbons (Fsp3) is 0.462.